The Balaban J connectivity index is 2.87. The van der Waals surface area contributed by atoms with E-state index in [0.717, 1.165) is 5.69 Å². The van der Waals surface area contributed by atoms with Gasteiger partial charge in [-0.15, -0.1) is 0 Å². The molecule has 1 rings (SSSR count). The smallest absolute Gasteiger partial charge is 0.302 e. The Morgan fingerprint density at radius 1 is 1.20 bits per heavy atom. The highest BCUT2D eigenvalue weighted by Crippen LogP contribution is 2.14. The Labute approximate surface area is 89.4 Å². The van der Waals surface area contributed by atoms with Gasteiger partial charge in [0.1, 0.15) is 0 Å². The van der Waals surface area contributed by atoms with Crippen molar-refractivity contribution in [1.29, 1.82) is 0 Å². The lowest BCUT2D eigenvalue weighted by molar-refractivity contribution is 0.541. The molecule has 0 aliphatic carbocycles. The Morgan fingerprint density at radius 2 is 1.67 bits per heavy atom. The van der Waals surface area contributed by atoms with E-state index in [1.54, 1.807) is 19.2 Å². The minimum Gasteiger partial charge on any atom is -0.759 e. The molecular weight excluding hydrogens is 240 g/mol. The van der Waals surface area contributed by atoms with Gasteiger partial charge in [0.05, 0.1) is 10.1 Å². The van der Waals surface area contributed by atoms with Gasteiger partial charge in [0.25, 0.3) is 0 Å². The molecule has 0 fully saturated rings. The van der Waals surface area contributed by atoms with E-state index in [0.29, 0.717) is 0 Å². The van der Waals surface area contributed by atoms with Gasteiger partial charge < -0.3 is 9.87 Å². The predicted molar refractivity (Wildman–Crippen MR) is 57.5 cm³/mol. The van der Waals surface area contributed by atoms with Crippen molar-refractivity contribution in [2.24, 2.45) is 0 Å². The fourth-order valence-electron chi connectivity index (χ4n) is 0.883. The van der Waals surface area contributed by atoms with Gasteiger partial charge in [0, 0.05) is 18.4 Å². The van der Waals surface area contributed by atoms with Gasteiger partial charge in [0.15, 0.2) is 0 Å². The summed E-state index contributed by atoms with van der Waals surface area (Å²) in [7, 11) is -5.80. The van der Waals surface area contributed by atoms with Crippen molar-refractivity contribution in [2.45, 2.75) is 0 Å². The summed E-state index contributed by atoms with van der Waals surface area (Å²) >= 11 is 0. The molecule has 0 heterocycles. The normalized spacial score (nSPS) is 13.2. The average Bonchev–Trinajstić information content (AvgIpc) is 2.18. The molecule has 1 unspecified atom stereocenters. The fraction of sp³-hybridized carbons (Fsp3) is 0.143. The second-order valence-corrected chi connectivity index (χ2v) is 6.24. The van der Waals surface area contributed by atoms with Crippen molar-refractivity contribution < 1.29 is 17.2 Å². The van der Waals surface area contributed by atoms with Crippen LogP contribution in [0.25, 0.3) is 0 Å². The summed E-state index contributed by atoms with van der Waals surface area (Å²) in [4.78, 5) is 0. The molecule has 0 bridgehead atoms. The molecule has 0 amide bonds. The van der Waals surface area contributed by atoms with E-state index < -0.39 is 19.2 Å². The first-order valence-electron chi connectivity index (χ1n) is 3.86. The standard InChI is InChI=1S/C7H10N2O4S2/c1-8-6-2-4-7(5-3-6)9-15(12,13)14(10)11/h2-5,8-9H,1H3,(H,10,11)/p-1. The molecule has 0 spiro atoms. The third kappa shape index (κ3) is 3.18. The molecule has 0 aliphatic rings. The average molecular weight is 249 g/mol. The van der Waals surface area contributed by atoms with Crippen LogP contribution in [-0.4, -0.2) is 24.2 Å². The van der Waals surface area contributed by atoms with Crippen LogP contribution in [0.3, 0.4) is 0 Å². The molecule has 0 aromatic heterocycles. The zero-order chi connectivity index (χ0) is 11.5. The molecule has 1 aromatic carbocycles. The third-order valence-corrected chi connectivity index (χ3v) is 3.76. The summed E-state index contributed by atoms with van der Waals surface area (Å²) in [6.07, 6.45) is 0. The van der Waals surface area contributed by atoms with Crippen LogP contribution in [-0.2, 0) is 19.2 Å². The molecule has 0 saturated carbocycles. The highest BCUT2D eigenvalue weighted by atomic mass is 33.2. The van der Waals surface area contributed by atoms with Crippen LogP contribution in [0.1, 0.15) is 0 Å². The van der Waals surface area contributed by atoms with Crippen LogP contribution in [0.5, 0.6) is 0 Å². The van der Waals surface area contributed by atoms with Gasteiger partial charge in [-0.2, -0.15) is 8.42 Å². The van der Waals surface area contributed by atoms with Crippen molar-refractivity contribution in [3.8, 4) is 0 Å². The van der Waals surface area contributed by atoms with Crippen LogP contribution in [0, 0.1) is 0 Å². The van der Waals surface area contributed by atoms with E-state index in [-0.39, 0.29) is 5.69 Å². The number of anilines is 2. The van der Waals surface area contributed by atoms with Gasteiger partial charge in [-0.1, -0.05) is 0 Å². The van der Waals surface area contributed by atoms with E-state index in [9.17, 15) is 17.2 Å². The Morgan fingerprint density at radius 3 is 2.07 bits per heavy atom. The summed E-state index contributed by atoms with van der Waals surface area (Å²) < 4.78 is 44.3. The number of hydrogen-bond acceptors (Lipinski definition) is 5. The first-order chi connectivity index (χ1) is 6.95. The predicted octanol–water partition coefficient (Wildman–Crippen LogP) is 0.264. The Bertz CT molecular complexity index is 454. The summed E-state index contributed by atoms with van der Waals surface area (Å²) in [5.74, 6) is 0. The SMILES string of the molecule is CNc1ccc(NS(=O)(=O)S(=O)[O-])cc1. The second-order valence-electron chi connectivity index (χ2n) is 2.59. The Kier molecular flexibility index (Phi) is 3.66. The van der Waals surface area contributed by atoms with E-state index in [1.165, 1.54) is 12.1 Å². The summed E-state index contributed by atoms with van der Waals surface area (Å²) in [6.45, 7) is 0. The number of hydrogen-bond donors (Lipinski definition) is 2. The lowest BCUT2D eigenvalue weighted by Gasteiger charge is -2.09. The molecule has 6 nitrogen and oxygen atoms in total. The van der Waals surface area contributed by atoms with Gasteiger partial charge in [-0.25, -0.2) is 0 Å². The summed E-state index contributed by atoms with van der Waals surface area (Å²) in [5, 5.41) is 2.84. The molecule has 2 N–H and O–H groups in total. The maximum absolute atomic E-state index is 10.9. The van der Waals surface area contributed by atoms with Gasteiger partial charge in [-0.3, -0.25) is 8.93 Å². The zero-order valence-electron chi connectivity index (χ0n) is 7.76. The van der Waals surface area contributed by atoms with Crippen LogP contribution in [0.15, 0.2) is 24.3 Å². The molecule has 1 aromatic rings. The fourth-order valence-corrected chi connectivity index (χ4v) is 1.87. The van der Waals surface area contributed by atoms with Crippen molar-refractivity contribution >= 4 is 30.5 Å². The molecule has 0 saturated heterocycles. The van der Waals surface area contributed by atoms with Crippen LogP contribution < -0.4 is 10.0 Å². The maximum atomic E-state index is 10.9. The number of benzene rings is 1. The van der Waals surface area contributed by atoms with E-state index >= 15 is 0 Å². The van der Waals surface area contributed by atoms with Crippen LogP contribution >= 0.6 is 0 Å². The molecule has 15 heavy (non-hydrogen) atoms. The van der Waals surface area contributed by atoms with E-state index in [4.69, 9.17) is 0 Å². The lowest BCUT2D eigenvalue weighted by Crippen LogP contribution is -2.17. The third-order valence-electron chi connectivity index (χ3n) is 1.60. The van der Waals surface area contributed by atoms with Gasteiger partial charge >= 0.3 is 9.06 Å². The summed E-state index contributed by atoms with van der Waals surface area (Å²) in [6, 6.07) is 6.14. The molecule has 0 radical (unpaired) electrons. The molecular formula is C7H9N2O4S2-. The maximum Gasteiger partial charge on any atom is 0.302 e. The number of rotatable bonds is 4. The van der Waals surface area contributed by atoms with Crippen molar-refractivity contribution in [3.63, 3.8) is 0 Å². The van der Waals surface area contributed by atoms with Gasteiger partial charge in [0.2, 0.25) is 0 Å². The topological polar surface area (TPSA) is 98.3 Å². The quantitative estimate of drug-likeness (QED) is 0.589. The highest BCUT2D eigenvalue weighted by Gasteiger charge is 2.09. The van der Waals surface area contributed by atoms with Crippen molar-refractivity contribution in [1.82, 2.24) is 0 Å². The molecule has 8 heteroatoms. The Hall–Kier alpha value is -1.12. The first kappa shape index (κ1) is 12.0. The minimum absolute atomic E-state index is 0.193. The lowest BCUT2D eigenvalue weighted by atomic mass is 10.3. The molecule has 84 valence electrons. The molecule has 0 aliphatic heterocycles. The second kappa shape index (κ2) is 4.60. The minimum atomic E-state index is -4.32. The summed E-state index contributed by atoms with van der Waals surface area (Å²) in [5.41, 5.74) is 0.986. The van der Waals surface area contributed by atoms with Crippen LogP contribution in [0.4, 0.5) is 11.4 Å². The van der Waals surface area contributed by atoms with Crippen molar-refractivity contribution in [2.75, 3.05) is 17.1 Å². The van der Waals surface area contributed by atoms with E-state index in [1.807, 2.05) is 4.72 Å². The van der Waals surface area contributed by atoms with E-state index in [2.05, 4.69) is 5.32 Å². The monoisotopic (exact) mass is 249 g/mol. The highest BCUT2D eigenvalue weighted by molar-refractivity contribution is 8.62. The number of nitrogens with one attached hydrogen (secondary N) is 2. The first-order valence-corrected chi connectivity index (χ1v) is 6.93. The largest absolute Gasteiger partial charge is 0.759 e. The van der Waals surface area contributed by atoms with Crippen molar-refractivity contribution in [3.05, 3.63) is 24.3 Å². The van der Waals surface area contributed by atoms with Crippen LogP contribution in [0.2, 0.25) is 0 Å². The molecule has 1 atom stereocenters. The van der Waals surface area contributed by atoms with Gasteiger partial charge in [-0.05, 0) is 24.3 Å². The zero-order valence-corrected chi connectivity index (χ0v) is 9.39.